The number of hydrogen-bond donors (Lipinski definition) is 2. The van der Waals surface area contributed by atoms with Gasteiger partial charge in [-0.2, -0.15) is 9.97 Å². The van der Waals surface area contributed by atoms with Crippen LogP contribution in [0.4, 0.5) is 17.6 Å². The Bertz CT molecular complexity index is 936. The Morgan fingerprint density at radius 1 is 0.844 bits per heavy atom. The van der Waals surface area contributed by atoms with E-state index in [1.807, 2.05) is 0 Å². The van der Waals surface area contributed by atoms with E-state index in [-0.39, 0.29) is 0 Å². The van der Waals surface area contributed by atoms with E-state index in [1.165, 1.54) is 62.5 Å². The van der Waals surface area contributed by atoms with Crippen molar-refractivity contribution in [3.05, 3.63) is 41.5 Å². The monoisotopic (exact) mass is 450 g/mol. The average Bonchev–Trinajstić information content (AvgIpc) is 2.84. The quantitative estimate of drug-likeness (QED) is 0.658. The molecule has 1 aliphatic carbocycles. The van der Waals surface area contributed by atoms with Crippen molar-refractivity contribution in [3.63, 3.8) is 0 Å². The van der Waals surface area contributed by atoms with Gasteiger partial charge >= 0.3 is 0 Å². The Morgan fingerprint density at radius 3 is 2.31 bits per heavy atom. The van der Waals surface area contributed by atoms with Gasteiger partial charge in [-0.3, -0.25) is 0 Å². The van der Waals surface area contributed by atoms with Crippen LogP contribution in [0.25, 0.3) is 0 Å². The lowest BCUT2D eigenvalue weighted by Gasteiger charge is -2.32. The summed E-state index contributed by atoms with van der Waals surface area (Å²) in [7, 11) is 0. The normalized spacial score (nSPS) is 19.4. The third kappa shape index (κ3) is 5.14. The minimum atomic E-state index is 0.465. The van der Waals surface area contributed by atoms with E-state index in [4.69, 9.17) is 22.2 Å². The number of nitrogens with one attached hydrogen (secondary N) is 2. The van der Waals surface area contributed by atoms with Crippen LogP contribution >= 0.6 is 12.2 Å². The smallest absolute Gasteiger partial charge is 0.232 e. The number of piperidine rings is 1. The van der Waals surface area contributed by atoms with Gasteiger partial charge in [0.05, 0.1) is 0 Å². The zero-order valence-corrected chi connectivity index (χ0v) is 19.7. The number of benzene rings is 1. The SMILES string of the molecule is S=C(Nc1nc(N2CCCCC2)cc(N2CCc3ccccc3C2)n1)NC1CCCCC1. The maximum Gasteiger partial charge on any atom is 0.232 e. The average molecular weight is 451 g/mol. The van der Waals surface area contributed by atoms with E-state index >= 15 is 0 Å². The summed E-state index contributed by atoms with van der Waals surface area (Å²) in [6, 6.07) is 11.4. The molecule has 0 unspecified atom stereocenters. The Labute approximate surface area is 196 Å². The number of fused-ring (bicyclic) bond motifs is 1. The maximum absolute atomic E-state index is 5.64. The highest BCUT2D eigenvalue weighted by Gasteiger charge is 2.22. The third-order valence-corrected chi connectivity index (χ3v) is 7.22. The van der Waals surface area contributed by atoms with E-state index in [9.17, 15) is 0 Å². The van der Waals surface area contributed by atoms with E-state index in [0.717, 1.165) is 44.2 Å². The van der Waals surface area contributed by atoms with Crippen molar-refractivity contribution in [2.75, 3.05) is 34.8 Å². The summed E-state index contributed by atoms with van der Waals surface area (Å²) in [5.74, 6) is 2.60. The van der Waals surface area contributed by atoms with Gasteiger partial charge in [-0.05, 0) is 61.9 Å². The maximum atomic E-state index is 5.64. The van der Waals surface area contributed by atoms with E-state index in [0.29, 0.717) is 17.1 Å². The molecule has 2 aliphatic heterocycles. The van der Waals surface area contributed by atoms with Crippen molar-refractivity contribution < 1.29 is 0 Å². The standard InChI is InChI=1S/C25H34N6S/c32-25(26-21-11-3-1-4-12-21)29-24-27-22(30-14-7-2-8-15-30)17-23(28-24)31-16-13-19-9-5-6-10-20(19)18-31/h5-6,9-10,17,21H,1-4,7-8,11-16,18H2,(H2,26,27,28,29,32). The molecule has 2 aromatic rings. The summed E-state index contributed by atoms with van der Waals surface area (Å²) in [6.45, 7) is 3.97. The molecule has 170 valence electrons. The molecule has 1 aromatic heterocycles. The summed E-state index contributed by atoms with van der Waals surface area (Å²) in [5.41, 5.74) is 2.84. The second-order valence-electron chi connectivity index (χ2n) is 9.33. The van der Waals surface area contributed by atoms with Gasteiger partial charge in [0.15, 0.2) is 5.11 Å². The van der Waals surface area contributed by atoms with Crippen molar-refractivity contribution in [2.24, 2.45) is 0 Å². The molecule has 1 aromatic carbocycles. The number of nitrogens with zero attached hydrogens (tertiary/aromatic N) is 4. The van der Waals surface area contributed by atoms with Crippen LogP contribution in [0, 0.1) is 0 Å². The third-order valence-electron chi connectivity index (χ3n) is 7.00. The van der Waals surface area contributed by atoms with E-state index in [2.05, 4.69) is 50.8 Å². The Kier molecular flexibility index (Phi) is 6.72. The Balaban J connectivity index is 1.36. The molecule has 3 heterocycles. The minimum absolute atomic E-state index is 0.465. The minimum Gasteiger partial charge on any atom is -0.360 e. The van der Waals surface area contributed by atoms with Gasteiger partial charge in [0.1, 0.15) is 11.6 Å². The molecule has 6 nitrogen and oxygen atoms in total. The second-order valence-corrected chi connectivity index (χ2v) is 9.74. The highest BCUT2D eigenvalue weighted by molar-refractivity contribution is 7.80. The predicted octanol–water partition coefficient (Wildman–Crippen LogP) is 4.65. The molecule has 3 aliphatic rings. The molecule has 1 saturated heterocycles. The molecule has 0 spiro atoms. The van der Waals surface area contributed by atoms with Crippen LogP contribution in [0.1, 0.15) is 62.5 Å². The second kappa shape index (κ2) is 10.0. The molecule has 2 fully saturated rings. The fourth-order valence-electron chi connectivity index (χ4n) is 5.19. The first-order valence-electron chi connectivity index (χ1n) is 12.3. The van der Waals surface area contributed by atoms with Gasteiger partial charge in [-0.1, -0.05) is 43.5 Å². The number of thiocarbonyl (C=S) groups is 1. The van der Waals surface area contributed by atoms with Gasteiger partial charge < -0.3 is 20.4 Å². The highest BCUT2D eigenvalue weighted by Crippen LogP contribution is 2.28. The lowest BCUT2D eigenvalue weighted by molar-refractivity contribution is 0.414. The number of hydrogen-bond acceptors (Lipinski definition) is 5. The molecule has 0 bridgehead atoms. The zero-order valence-electron chi connectivity index (χ0n) is 18.9. The van der Waals surface area contributed by atoms with Crippen molar-refractivity contribution >= 4 is 34.9 Å². The molecule has 0 amide bonds. The lowest BCUT2D eigenvalue weighted by Crippen LogP contribution is -2.39. The fraction of sp³-hybridized carbons (Fsp3) is 0.560. The molecule has 2 N–H and O–H groups in total. The van der Waals surface area contributed by atoms with Crippen molar-refractivity contribution in [3.8, 4) is 0 Å². The molecule has 0 radical (unpaired) electrons. The van der Waals surface area contributed by atoms with Crippen LogP contribution in [0.2, 0.25) is 0 Å². The van der Waals surface area contributed by atoms with Crippen LogP contribution in [0.3, 0.4) is 0 Å². The van der Waals surface area contributed by atoms with Gasteiger partial charge in [0.2, 0.25) is 5.95 Å². The summed E-state index contributed by atoms with van der Waals surface area (Å²) in [6.07, 6.45) is 11.1. The van der Waals surface area contributed by atoms with Crippen molar-refractivity contribution in [2.45, 2.75) is 70.4 Å². The largest absolute Gasteiger partial charge is 0.360 e. The summed E-state index contributed by atoms with van der Waals surface area (Å²) < 4.78 is 0. The van der Waals surface area contributed by atoms with Gasteiger partial charge in [0, 0.05) is 38.3 Å². The van der Waals surface area contributed by atoms with Crippen LogP contribution in [-0.4, -0.2) is 40.8 Å². The number of aromatic nitrogens is 2. The topological polar surface area (TPSA) is 56.3 Å². The van der Waals surface area contributed by atoms with Crippen LogP contribution in [0.15, 0.2) is 30.3 Å². The molecule has 32 heavy (non-hydrogen) atoms. The van der Waals surface area contributed by atoms with Crippen molar-refractivity contribution in [1.29, 1.82) is 0 Å². The first-order valence-corrected chi connectivity index (χ1v) is 12.7. The predicted molar refractivity (Wildman–Crippen MR) is 136 cm³/mol. The molecule has 1 saturated carbocycles. The Morgan fingerprint density at radius 2 is 1.53 bits per heavy atom. The van der Waals surface area contributed by atoms with E-state index < -0.39 is 0 Å². The van der Waals surface area contributed by atoms with Gasteiger partial charge in [-0.15, -0.1) is 0 Å². The first kappa shape index (κ1) is 21.4. The molecular weight excluding hydrogens is 416 g/mol. The van der Waals surface area contributed by atoms with Crippen molar-refractivity contribution in [1.82, 2.24) is 15.3 Å². The van der Waals surface area contributed by atoms with Crippen LogP contribution < -0.4 is 20.4 Å². The summed E-state index contributed by atoms with van der Waals surface area (Å²) in [4.78, 5) is 14.6. The molecule has 0 atom stereocenters. The van der Waals surface area contributed by atoms with E-state index in [1.54, 1.807) is 0 Å². The number of rotatable bonds is 4. The molecule has 5 rings (SSSR count). The fourth-order valence-corrected chi connectivity index (χ4v) is 5.44. The first-order chi connectivity index (χ1) is 15.7. The lowest BCUT2D eigenvalue weighted by atomic mass is 9.96. The summed E-state index contributed by atoms with van der Waals surface area (Å²) in [5, 5.41) is 7.44. The zero-order chi connectivity index (χ0) is 21.8. The van der Waals surface area contributed by atoms with Gasteiger partial charge in [0.25, 0.3) is 0 Å². The highest BCUT2D eigenvalue weighted by atomic mass is 32.1. The van der Waals surface area contributed by atoms with Crippen LogP contribution in [-0.2, 0) is 13.0 Å². The molecular formula is C25H34N6S. The molecule has 7 heteroatoms. The van der Waals surface area contributed by atoms with Gasteiger partial charge in [-0.25, -0.2) is 0 Å². The number of anilines is 3. The Hall–Kier alpha value is -2.41. The summed E-state index contributed by atoms with van der Waals surface area (Å²) >= 11 is 5.64. The van der Waals surface area contributed by atoms with Crippen LogP contribution in [0.5, 0.6) is 0 Å².